The van der Waals surface area contributed by atoms with Crippen LogP contribution in [0.15, 0.2) is 81.1 Å². The molecule has 0 radical (unpaired) electrons. The summed E-state index contributed by atoms with van der Waals surface area (Å²) < 4.78 is 57.5. The molecule has 0 fully saturated rings. The van der Waals surface area contributed by atoms with Gasteiger partial charge in [0.1, 0.15) is 46.8 Å². The first-order chi connectivity index (χ1) is 28.8. The number of Topliss-reactive ketones (excluding diaryl/α,β-unsaturated/α-hetero) is 2. The Kier molecular flexibility index (Phi) is 8.00. The first-order valence-electron chi connectivity index (χ1n) is 19.0. The van der Waals surface area contributed by atoms with Gasteiger partial charge in [0.25, 0.3) is 0 Å². The number of hydrogen-bond donors (Lipinski definition) is 0. The monoisotopic (exact) mass is 808 g/mol. The fourth-order valence-electron chi connectivity index (χ4n) is 9.31. The van der Waals surface area contributed by atoms with Gasteiger partial charge in [0, 0.05) is 49.6 Å². The van der Waals surface area contributed by atoms with Gasteiger partial charge >= 0.3 is 0 Å². The third-order valence-electron chi connectivity index (χ3n) is 12.7. The molecule has 12 heteroatoms. The van der Waals surface area contributed by atoms with Crippen molar-refractivity contribution in [3.63, 3.8) is 0 Å². The fourth-order valence-corrected chi connectivity index (χ4v) is 9.31. The number of halogens is 4. The summed E-state index contributed by atoms with van der Waals surface area (Å²) in [5.74, 6) is -6.43. The number of nitriles is 4. The summed E-state index contributed by atoms with van der Waals surface area (Å²) in [6.07, 6.45) is 3.68. The first kappa shape index (κ1) is 38.7. The number of ketones is 2. The summed E-state index contributed by atoms with van der Waals surface area (Å²) >= 11 is 0. The van der Waals surface area contributed by atoms with E-state index in [2.05, 4.69) is 38.1 Å². The molecule has 0 unspecified atom stereocenters. The average Bonchev–Trinajstić information content (AvgIpc) is 3.87. The van der Waals surface area contributed by atoms with E-state index in [9.17, 15) is 48.2 Å². The molecule has 0 atom stereocenters. The molecule has 0 bridgehead atoms. The van der Waals surface area contributed by atoms with Crippen molar-refractivity contribution in [2.75, 3.05) is 0 Å². The SMILES string of the molecule is CC1(C)C(N=C2C(=O)c3cc(F)c(F)cc3C2=C(C#N)C#N)=Cc2cc3c(cc21)-c1cc2c(cc1C3(C)C)C=C(N=C1C(=O)c3cc(F)c(F)cc3C1=C(C#N)C#N)C2(C)C. The third kappa shape index (κ3) is 5.13. The molecule has 294 valence electrons. The minimum Gasteiger partial charge on any atom is -0.287 e. The highest BCUT2D eigenvalue weighted by molar-refractivity contribution is 6.66. The lowest BCUT2D eigenvalue weighted by Crippen LogP contribution is -2.20. The van der Waals surface area contributed by atoms with Gasteiger partial charge in [-0.05, 0) is 105 Å². The Hall–Kier alpha value is -7.80. The molecule has 61 heavy (non-hydrogen) atoms. The van der Waals surface area contributed by atoms with E-state index in [0.29, 0.717) is 11.4 Å². The lowest BCUT2D eigenvalue weighted by Gasteiger charge is -2.25. The highest BCUT2D eigenvalue weighted by atomic mass is 19.2. The van der Waals surface area contributed by atoms with Crippen LogP contribution in [0, 0.1) is 68.6 Å². The van der Waals surface area contributed by atoms with E-state index < -0.39 is 62.2 Å². The maximum Gasteiger partial charge on any atom is 0.212 e. The van der Waals surface area contributed by atoms with E-state index in [4.69, 9.17) is 9.98 Å². The number of hydrogen-bond acceptors (Lipinski definition) is 8. The van der Waals surface area contributed by atoms with Gasteiger partial charge in [0.05, 0.1) is 11.4 Å². The quantitative estimate of drug-likeness (QED) is 0.145. The Balaban J connectivity index is 1.13. The summed E-state index contributed by atoms with van der Waals surface area (Å²) in [6.45, 7) is 11.9. The summed E-state index contributed by atoms with van der Waals surface area (Å²) in [6, 6.07) is 18.5. The standard InChI is InChI=1S/C49H28F4N6O2/c1-47(2)33-7-21-9-39(58-43-41(23(17-54)18-55)27-13-35(50)37(52)15-29(27)45(43)60)48(3,4)31(21)11-25(33)26-12-32-22(8-34(26)47)10-40(49(32,5)6)59-44-42(24(19-56)20-57)28-14-36(51)38(53)16-30(28)46(44)61/h7-16H,1-6H3. The highest BCUT2D eigenvalue weighted by Crippen LogP contribution is 2.56. The number of nitrogens with zero attached hydrogens (tertiary/aromatic N) is 6. The number of fused-ring (bicyclic) bond motifs is 7. The summed E-state index contributed by atoms with van der Waals surface area (Å²) in [7, 11) is 0. The van der Waals surface area contributed by atoms with Crippen LogP contribution in [0.5, 0.6) is 0 Å². The zero-order valence-electron chi connectivity index (χ0n) is 33.3. The van der Waals surface area contributed by atoms with Crippen molar-refractivity contribution in [2.45, 2.75) is 57.8 Å². The van der Waals surface area contributed by atoms with Crippen LogP contribution < -0.4 is 0 Å². The lowest BCUT2D eigenvalue weighted by molar-refractivity contribution is 0.106. The molecular weight excluding hydrogens is 781 g/mol. The summed E-state index contributed by atoms with van der Waals surface area (Å²) in [5, 5.41) is 39.2. The van der Waals surface area contributed by atoms with Crippen LogP contribution in [-0.2, 0) is 16.2 Å². The van der Waals surface area contributed by atoms with Crippen molar-refractivity contribution in [3.05, 3.63) is 150 Å². The number of carbonyl (C=O) groups is 2. The number of allylic oxidation sites excluding steroid dienone is 6. The molecule has 0 heterocycles. The van der Waals surface area contributed by atoms with E-state index >= 15 is 0 Å². The van der Waals surface area contributed by atoms with Crippen LogP contribution in [-0.4, -0.2) is 23.0 Å². The van der Waals surface area contributed by atoms with Gasteiger partial charge in [0.2, 0.25) is 11.6 Å². The van der Waals surface area contributed by atoms with Crippen molar-refractivity contribution in [1.29, 1.82) is 21.0 Å². The smallest absolute Gasteiger partial charge is 0.212 e. The van der Waals surface area contributed by atoms with E-state index in [1.54, 1.807) is 24.3 Å². The maximum atomic E-state index is 14.4. The normalized spacial score (nSPS) is 18.9. The topological polar surface area (TPSA) is 154 Å². The number of benzene rings is 4. The molecule has 4 aromatic carbocycles. The Morgan fingerprint density at radius 1 is 0.459 bits per heavy atom. The maximum absolute atomic E-state index is 14.4. The minimum atomic E-state index is -1.25. The molecule has 0 saturated carbocycles. The number of rotatable bonds is 2. The second-order valence-corrected chi connectivity index (χ2v) is 17.1. The lowest BCUT2D eigenvalue weighted by atomic mass is 9.78. The molecule has 8 nitrogen and oxygen atoms in total. The van der Waals surface area contributed by atoms with Gasteiger partial charge in [-0.3, -0.25) is 9.59 Å². The van der Waals surface area contributed by atoms with Crippen LogP contribution in [0.1, 0.15) is 107 Å². The third-order valence-corrected chi connectivity index (χ3v) is 12.7. The molecule has 0 aromatic heterocycles. The predicted molar refractivity (Wildman–Crippen MR) is 219 cm³/mol. The molecule has 4 aromatic rings. The molecule has 0 N–H and O–H groups in total. The van der Waals surface area contributed by atoms with E-state index in [0.717, 1.165) is 68.8 Å². The van der Waals surface area contributed by atoms with Crippen molar-refractivity contribution in [1.82, 2.24) is 0 Å². The van der Waals surface area contributed by atoms with Crippen LogP contribution in [0.3, 0.4) is 0 Å². The van der Waals surface area contributed by atoms with Crippen LogP contribution in [0.2, 0.25) is 0 Å². The second-order valence-electron chi connectivity index (χ2n) is 17.1. The van der Waals surface area contributed by atoms with E-state index in [1.165, 1.54) is 0 Å². The largest absolute Gasteiger partial charge is 0.287 e. The van der Waals surface area contributed by atoms with Gasteiger partial charge in [0.15, 0.2) is 23.3 Å². The Labute approximate surface area is 346 Å². The van der Waals surface area contributed by atoms with Crippen molar-refractivity contribution < 1.29 is 27.2 Å². The molecule has 0 spiro atoms. The van der Waals surface area contributed by atoms with Crippen LogP contribution >= 0.6 is 0 Å². The predicted octanol–water partition coefficient (Wildman–Crippen LogP) is 10.1. The van der Waals surface area contributed by atoms with E-state index in [1.807, 2.05) is 39.8 Å². The van der Waals surface area contributed by atoms with Crippen molar-refractivity contribution in [3.8, 4) is 35.4 Å². The van der Waals surface area contributed by atoms with Gasteiger partial charge in [-0.1, -0.05) is 41.5 Å². The molecule has 5 aliphatic carbocycles. The van der Waals surface area contributed by atoms with Gasteiger partial charge < -0.3 is 0 Å². The fraction of sp³-hybridized carbons (Fsp3) is 0.184. The molecular formula is C49H28F4N6O2. The number of carbonyl (C=O) groups excluding carboxylic acids is 2. The van der Waals surface area contributed by atoms with Crippen LogP contribution in [0.4, 0.5) is 17.6 Å². The molecule has 0 aliphatic heterocycles. The summed E-state index contributed by atoms with van der Waals surface area (Å²) in [4.78, 5) is 36.9. The highest BCUT2D eigenvalue weighted by Gasteiger charge is 2.45. The van der Waals surface area contributed by atoms with Gasteiger partial charge in [-0.15, -0.1) is 0 Å². The summed E-state index contributed by atoms with van der Waals surface area (Å²) in [5.41, 5.74) is 3.76. The Morgan fingerprint density at radius 2 is 0.787 bits per heavy atom. The van der Waals surface area contributed by atoms with Crippen molar-refractivity contribution in [2.24, 2.45) is 9.98 Å². The van der Waals surface area contributed by atoms with Crippen LogP contribution in [0.25, 0.3) is 34.4 Å². The van der Waals surface area contributed by atoms with E-state index in [-0.39, 0.29) is 44.8 Å². The minimum absolute atomic E-state index is 0.0804. The average molecular weight is 809 g/mol. The second kappa shape index (κ2) is 12.6. The Morgan fingerprint density at radius 3 is 1.11 bits per heavy atom. The van der Waals surface area contributed by atoms with Gasteiger partial charge in [-0.25, -0.2) is 27.5 Å². The zero-order chi connectivity index (χ0) is 43.8. The zero-order valence-corrected chi connectivity index (χ0v) is 33.3. The first-order valence-corrected chi connectivity index (χ1v) is 19.0. The molecule has 5 aliphatic rings. The Bertz CT molecular complexity index is 3040. The molecule has 9 rings (SSSR count). The molecule has 0 saturated heterocycles. The molecule has 0 amide bonds. The number of aliphatic imine (C=N–C) groups is 2. The van der Waals surface area contributed by atoms with Crippen molar-refractivity contribution >= 4 is 46.3 Å². The van der Waals surface area contributed by atoms with Gasteiger partial charge in [-0.2, -0.15) is 21.0 Å².